The van der Waals surface area contributed by atoms with Gasteiger partial charge in [-0.25, -0.2) is 8.78 Å². The molecule has 2 aromatic rings. The van der Waals surface area contributed by atoms with Crippen molar-refractivity contribution < 1.29 is 13.5 Å². The topological polar surface area (TPSA) is 50.8 Å². The molecule has 2 aliphatic heterocycles. The Morgan fingerprint density at radius 1 is 1.24 bits per heavy atom. The summed E-state index contributed by atoms with van der Waals surface area (Å²) in [6.07, 6.45) is 0.679. The first kappa shape index (κ1) is 16.4. The Hall–Kier alpha value is -2.12. The summed E-state index contributed by atoms with van der Waals surface area (Å²) in [6, 6.07) is 11.2. The van der Waals surface area contributed by atoms with Gasteiger partial charge in [0.2, 0.25) is 0 Å². The molecule has 4 rings (SSSR count). The van der Waals surface area contributed by atoms with Crippen molar-refractivity contribution in [3.63, 3.8) is 0 Å². The molecule has 2 heterocycles. The van der Waals surface area contributed by atoms with E-state index in [1.165, 1.54) is 17.8 Å². The fourth-order valence-electron chi connectivity index (χ4n) is 3.27. The van der Waals surface area contributed by atoms with Gasteiger partial charge in [-0.1, -0.05) is 30.0 Å². The third-order valence-corrected chi connectivity index (χ3v) is 5.87. The van der Waals surface area contributed by atoms with E-state index in [0.29, 0.717) is 31.2 Å². The van der Waals surface area contributed by atoms with Crippen LogP contribution in [0.4, 0.5) is 8.78 Å². The van der Waals surface area contributed by atoms with Crippen LogP contribution in [0.2, 0.25) is 0 Å². The van der Waals surface area contributed by atoms with E-state index in [2.05, 4.69) is 5.10 Å². The van der Waals surface area contributed by atoms with E-state index < -0.39 is 16.5 Å². The van der Waals surface area contributed by atoms with Gasteiger partial charge in [0.05, 0.1) is 13.2 Å². The molecule has 0 amide bonds. The van der Waals surface area contributed by atoms with Crippen LogP contribution >= 0.6 is 11.8 Å². The SMILES string of the molecule is NCCN1N=C(c2cc(F)ccc2F)SC12CCOc1ccccc12. The van der Waals surface area contributed by atoms with E-state index in [9.17, 15) is 8.78 Å². The fourth-order valence-corrected chi connectivity index (χ4v) is 4.70. The minimum Gasteiger partial charge on any atom is -0.493 e. The van der Waals surface area contributed by atoms with Gasteiger partial charge < -0.3 is 10.5 Å². The summed E-state index contributed by atoms with van der Waals surface area (Å²) >= 11 is 1.43. The van der Waals surface area contributed by atoms with Gasteiger partial charge in [-0.2, -0.15) is 5.10 Å². The Balaban J connectivity index is 1.80. The van der Waals surface area contributed by atoms with Gasteiger partial charge >= 0.3 is 0 Å². The van der Waals surface area contributed by atoms with Crippen LogP contribution in [-0.4, -0.2) is 29.7 Å². The molecule has 0 aromatic heterocycles. The highest BCUT2D eigenvalue weighted by molar-refractivity contribution is 8.15. The lowest BCUT2D eigenvalue weighted by Crippen LogP contribution is -2.43. The number of rotatable bonds is 3. The first-order valence-electron chi connectivity index (χ1n) is 8.07. The molecule has 0 aliphatic carbocycles. The standard InChI is InChI=1S/C18H17F2N3OS/c19-12-5-6-15(20)13(11-12)17-22-23(9-8-21)18(25-17)7-10-24-16-4-2-1-3-14(16)18/h1-6,11H,7-10,21H2. The lowest BCUT2D eigenvalue weighted by molar-refractivity contribution is 0.126. The van der Waals surface area contributed by atoms with Crippen molar-refractivity contribution >= 4 is 16.8 Å². The van der Waals surface area contributed by atoms with E-state index in [1.807, 2.05) is 29.3 Å². The van der Waals surface area contributed by atoms with Gasteiger partial charge in [-0.15, -0.1) is 0 Å². The minimum absolute atomic E-state index is 0.174. The molecule has 2 N–H and O–H groups in total. The summed E-state index contributed by atoms with van der Waals surface area (Å²) < 4.78 is 33.7. The molecular formula is C18H17F2N3OS. The number of fused-ring (bicyclic) bond motifs is 2. The Morgan fingerprint density at radius 2 is 2.08 bits per heavy atom. The number of hydrogen-bond donors (Lipinski definition) is 1. The van der Waals surface area contributed by atoms with Gasteiger partial charge in [0.15, 0.2) is 0 Å². The fraction of sp³-hybridized carbons (Fsp3) is 0.278. The molecule has 0 radical (unpaired) electrons. The normalized spacial score (nSPS) is 21.9. The lowest BCUT2D eigenvalue weighted by Gasteiger charge is -2.40. The van der Waals surface area contributed by atoms with Crippen LogP contribution in [0.3, 0.4) is 0 Å². The maximum absolute atomic E-state index is 14.3. The molecule has 0 saturated carbocycles. The summed E-state index contributed by atoms with van der Waals surface area (Å²) in [6.45, 7) is 1.45. The molecule has 4 nitrogen and oxygen atoms in total. The smallest absolute Gasteiger partial charge is 0.141 e. The number of para-hydroxylation sites is 1. The molecule has 1 spiro atoms. The predicted octanol–water partition coefficient (Wildman–Crippen LogP) is 3.27. The molecule has 1 unspecified atom stereocenters. The quantitative estimate of drug-likeness (QED) is 0.912. The van der Waals surface area contributed by atoms with Crippen LogP contribution in [0, 0.1) is 11.6 Å². The van der Waals surface area contributed by atoms with Crippen LogP contribution in [0.1, 0.15) is 17.5 Å². The average Bonchev–Trinajstić information content (AvgIpc) is 2.97. The summed E-state index contributed by atoms with van der Waals surface area (Å²) in [5.74, 6) is -0.185. The highest BCUT2D eigenvalue weighted by Crippen LogP contribution is 2.53. The molecule has 2 aliphatic rings. The van der Waals surface area contributed by atoms with Gasteiger partial charge in [0.25, 0.3) is 0 Å². The zero-order chi connectivity index (χ0) is 17.4. The number of ether oxygens (including phenoxy) is 1. The monoisotopic (exact) mass is 361 g/mol. The van der Waals surface area contributed by atoms with E-state index in [1.54, 1.807) is 0 Å². The number of hydrogen-bond acceptors (Lipinski definition) is 5. The predicted molar refractivity (Wildman–Crippen MR) is 94.5 cm³/mol. The molecule has 2 aromatic carbocycles. The first-order valence-corrected chi connectivity index (χ1v) is 8.89. The van der Waals surface area contributed by atoms with Gasteiger partial charge in [0.1, 0.15) is 27.3 Å². The Labute approximate surface area is 148 Å². The van der Waals surface area contributed by atoms with Crippen LogP contribution < -0.4 is 10.5 Å². The van der Waals surface area contributed by atoms with Gasteiger partial charge in [-0.3, -0.25) is 5.01 Å². The zero-order valence-electron chi connectivity index (χ0n) is 13.4. The van der Waals surface area contributed by atoms with Crippen molar-refractivity contribution in [1.82, 2.24) is 5.01 Å². The number of nitrogens with zero attached hydrogens (tertiary/aromatic N) is 2. The molecule has 7 heteroatoms. The van der Waals surface area contributed by atoms with Crippen LogP contribution in [0.15, 0.2) is 47.6 Å². The maximum Gasteiger partial charge on any atom is 0.141 e. The molecule has 25 heavy (non-hydrogen) atoms. The molecule has 0 bridgehead atoms. The van der Waals surface area contributed by atoms with Gasteiger partial charge in [-0.05, 0) is 24.3 Å². The zero-order valence-corrected chi connectivity index (χ0v) is 14.2. The summed E-state index contributed by atoms with van der Waals surface area (Å²) in [5.41, 5.74) is 6.93. The third kappa shape index (κ3) is 2.67. The van der Waals surface area contributed by atoms with Crippen molar-refractivity contribution in [1.29, 1.82) is 0 Å². The first-order chi connectivity index (χ1) is 12.1. The number of halogens is 2. The molecule has 0 fully saturated rings. The Morgan fingerprint density at radius 3 is 2.92 bits per heavy atom. The molecular weight excluding hydrogens is 344 g/mol. The highest BCUT2D eigenvalue weighted by atomic mass is 32.2. The van der Waals surface area contributed by atoms with E-state index >= 15 is 0 Å². The second-order valence-electron chi connectivity index (χ2n) is 5.92. The van der Waals surface area contributed by atoms with Crippen LogP contribution in [-0.2, 0) is 4.87 Å². The molecule has 0 saturated heterocycles. The summed E-state index contributed by atoms with van der Waals surface area (Å²) in [4.78, 5) is -0.512. The second-order valence-corrected chi connectivity index (χ2v) is 7.19. The number of benzene rings is 2. The largest absolute Gasteiger partial charge is 0.493 e. The second kappa shape index (κ2) is 6.31. The Bertz CT molecular complexity index is 845. The van der Waals surface area contributed by atoms with E-state index in [4.69, 9.17) is 10.5 Å². The van der Waals surface area contributed by atoms with Crippen LogP contribution in [0.25, 0.3) is 0 Å². The maximum atomic E-state index is 14.3. The molecule has 1 atom stereocenters. The summed E-state index contributed by atoms with van der Waals surface area (Å²) in [5, 5.41) is 6.94. The number of thioether (sulfide) groups is 1. The van der Waals surface area contributed by atoms with Crippen molar-refractivity contribution in [3.05, 3.63) is 65.2 Å². The van der Waals surface area contributed by atoms with Crippen molar-refractivity contribution in [2.75, 3.05) is 19.7 Å². The lowest BCUT2D eigenvalue weighted by atomic mass is 9.99. The van der Waals surface area contributed by atoms with E-state index in [0.717, 1.165) is 23.4 Å². The van der Waals surface area contributed by atoms with E-state index in [-0.39, 0.29) is 5.56 Å². The Kier molecular flexibility index (Phi) is 4.13. The van der Waals surface area contributed by atoms with Gasteiger partial charge in [0, 0.05) is 24.1 Å². The number of hydrazone groups is 1. The number of nitrogens with two attached hydrogens (primary N) is 1. The van der Waals surface area contributed by atoms with Crippen LogP contribution in [0.5, 0.6) is 5.75 Å². The van der Waals surface area contributed by atoms with Crippen molar-refractivity contribution in [2.24, 2.45) is 10.8 Å². The average molecular weight is 361 g/mol. The highest BCUT2D eigenvalue weighted by Gasteiger charge is 2.48. The van der Waals surface area contributed by atoms with Crippen molar-refractivity contribution in [3.8, 4) is 5.75 Å². The minimum atomic E-state index is -0.512. The molecule has 130 valence electrons. The van der Waals surface area contributed by atoms with Crippen molar-refractivity contribution in [2.45, 2.75) is 11.3 Å². The third-order valence-electron chi connectivity index (χ3n) is 4.40. The summed E-state index contributed by atoms with van der Waals surface area (Å²) in [7, 11) is 0.